The summed E-state index contributed by atoms with van der Waals surface area (Å²) >= 11 is 0. The monoisotopic (exact) mass is 389 g/mol. The molecule has 0 bridgehead atoms. The molecule has 1 N–H and O–H groups in total. The molecule has 6 nitrogen and oxygen atoms in total. The molecule has 1 fully saturated rings. The summed E-state index contributed by atoms with van der Waals surface area (Å²) < 4.78 is 0. The summed E-state index contributed by atoms with van der Waals surface area (Å²) in [4.78, 5) is 40.4. The predicted octanol–water partition coefficient (Wildman–Crippen LogP) is 2.18. The Morgan fingerprint density at radius 2 is 2.00 bits per heavy atom. The van der Waals surface area contributed by atoms with Crippen molar-refractivity contribution in [1.82, 2.24) is 10.2 Å². The molecule has 3 rings (SSSR count). The summed E-state index contributed by atoms with van der Waals surface area (Å²) in [5, 5.41) is 2.55. The molecule has 0 aromatic heterocycles. The molecule has 148 valence electrons. The number of likely N-dealkylation sites (tertiary alicyclic amines) is 1. The van der Waals surface area contributed by atoms with Crippen LogP contribution in [-0.4, -0.2) is 42.8 Å². The Morgan fingerprint density at radius 1 is 1.21 bits per heavy atom. The zero-order valence-corrected chi connectivity index (χ0v) is 16.4. The van der Waals surface area contributed by atoms with Crippen molar-refractivity contribution in [3.63, 3.8) is 0 Å². The lowest BCUT2D eigenvalue weighted by Crippen LogP contribution is -2.40. The Morgan fingerprint density at radius 3 is 2.69 bits per heavy atom. The van der Waals surface area contributed by atoms with Crippen molar-refractivity contribution in [3.05, 3.63) is 65.2 Å². The van der Waals surface area contributed by atoms with Crippen molar-refractivity contribution in [1.29, 1.82) is 0 Å². The van der Waals surface area contributed by atoms with Crippen LogP contribution in [-0.2, 0) is 16.1 Å². The summed E-state index contributed by atoms with van der Waals surface area (Å²) in [7, 11) is 1.52. The quantitative estimate of drug-likeness (QED) is 0.770. The number of carbonyl (C=O) groups is 3. The maximum absolute atomic E-state index is 13.3. The van der Waals surface area contributed by atoms with Gasteiger partial charge < -0.3 is 10.2 Å². The number of carbonyl (C=O) groups excluding carboxylic acids is 3. The fourth-order valence-electron chi connectivity index (χ4n) is 3.32. The van der Waals surface area contributed by atoms with Gasteiger partial charge in [0.2, 0.25) is 11.8 Å². The summed E-state index contributed by atoms with van der Waals surface area (Å²) in [5.41, 5.74) is 2.50. The Bertz CT molecular complexity index is 977. The van der Waals surface area contributed by atoms with E-state index in [9.17, 15) is 14.4 Å². The third-order valence-electron chi connectivity index (χ3n) is 4.87. The first-order chi connectivity index (χ1) is 14.0. The fourth-order valence-corrected chi connectivity index (χ4v) is 3.32. The normalized spacial score (nSPS) is 13.1. The molecule has 0 aliphatic carbocycles. The lowest BCUT2D eigenvalue weighted by Gasteiger charge is -2.23. The van der Waals surface area contributed by atoms with Crippen molar-refractivity contribution in [2.45, 2.75) is 19.4 Å². The van der Waals surface area contributed by atoms with Gasteiger partial charge in [0.15, 0.2) is 0 Å². The summed E-state index contributed by atoms with van der Waals surface area (Å²) in [6, 6.07) is 14.1. The summed E-state index contributed by atoms with van der Waals surface area (Å²) in [6.45, 7) is 1.08. The first-order valence-electron chi connectivity index (χ1n) is 9.47. The van der Waals surface area contributed by atoms with Gasteiger partial charge in [-0.3, -0.25) is 19.3 Å². The van der Waals surface area contributed by atoms with Crippen LogP contribution in [0.15, 0.2) is 48.5 Å². The van der Waals surface area contributed by atoms with Gasteiger partial charge in [0.25, 0.3) is 5.91 Å². The highest BCUT2D eigenvalue weighted by molar-refractivity contribution is 6.08. The molecule has 1 aliphatic heterocycles. The van der Waals surface area contributed by atoms with Gasteiger partial charge in [0.1, 0.15) is 6.54 Å². The van der Waals surface area contributed by atoms with Gasteiger partial charge in [-0.25, -0.2) is 0 Å². The molecule has 1 saturated heterocycles. The number of anilines is 1. The predicted molar refractivity (Wildman–Crippen MR) is 111 cm³/mol. The van der Waals surface area contributed by atoms with E-state index in [-0.39, 0.29) is 24.3 Å². The third-order valence-corrected chi connectivity index (χ3v) is 4.87. The third kappa shape index (κ3) is 4.82. The van der Waals surface area contributed by atoms with Crippen LogP contribution >= 0.6 is 0 Å². The first-order valence-corrected chi connectivity index (χ1v) is 9.47. The standard InChI is InChI=1S/C23H23N3O3/c1-3-17-7-5-10-20(14-17)26(16-21(27)24-2)23(29)19-9-4-8-18(13-19)15-25-12-6-11-22(25)28/h1,4-5,7-10,13-14H,6,11-12,15-16H2,2H3,(H,24,27). The number of hydrogen-bond acceptors (Lipinski definition) is 3. The maximum atomic E-state index is 13.3. The number of rotatable bonds is 6. The Hall–Kier alpha value is -3.59. The Kier molecular flexibility index (Phi) is 6.30. The van der Waals surface area contributed by atoms with Gasteiger partial charge in [0, 0.05) is 43.4 Å². The molecule has 1 heterocycles. The van der Waals surface area contributed by atoms with Gasteiger partial charge in [-0.2, -0.15) is 0 Å². The molecule has 3 amide bonds. The zero-order valence-electron chi connectivity index (χ0n) is 16.4. The largest absolute Gasteiger partial charge is 0.358 e. The van der Waals surface area contributed by atoms with E-state index in [2.05, 4.69) is 11.2 Å². The average Bonchev–Trinajstić information content (AvgIpc) is 3.15. The van der Waals surface area contributed by atoms with E-state index >= 15 is 0 Å². The second-order valence-electron chi connectivity index (χ2n) is 6.88. The molecular weight excluding hydrogens is 366 g/mol. The van der Waals surface area contributed by atoms with Crippen molar-refractivity contribution in [2.24, 2.45) is 0 Å². The number of hydrogen-bond donors (Lipinski definition) is 1. The summed E-state index contributed by atoms with van der Waals surface area (Å²) in [6.07, 6.45) is 6.91. The van der Waals surface area contributed by atoms with E-state index in [1.807, 2.05) is 6.07 Å². The van der Waals surface area contributed by atoms with Crippen molar-refractivity contribution < 1.29 is 14.4 Å². The number of terminal acetylenes is 1. The van der Waals surface area contributed by atoms with E-state index in [4.69, 9.17) is 6.42 Å². The minimum absolute atomic E-state index is 0.127. The van der Waals surface area contributed by atoms with Crippen molar-refractivity contribution in [2.75, 3.05) is 25.0 Å². The van der Waals surface area contributed by atoms with E-state index in [0.29, 0.717) is 29.8 Å². The lowest BCUT2D eigenvalue weighted by atomic mass is 10.1. The Balaban J connectivity index is 1.88. The number of amides is 3. The highest BCUT2D eigenvalue weighted by Gasteiger charge is 2.23. The lowest BCUT2D eigenvalue weighted by molar-refractivity contribution is -0.128. The average molecular weight is 389 g/mol. The molecule has 1 aliphatic rings. The zero-order chi connectivity index (χ0) is 20.8. The molecule has 0 saturated carbocycles. The van der Waals surface area contributed by atoms with Crippen LogP contribution in [0.3, 0.4) is 0 Å². The van der Waals surface area contributed by atoms with Crippen LogP contribution < -0.4 is 10.2 Å². The topological polar surface area (TPSA) is 69.7 Å². The fraction of sp³-hybridized carbons (Fsp3) is 0.261. The second-order valence-corrected chi connectivity index (χ2v) is 6.88. The molecule has 0 unspecified atom stereocenters. The second kappa shape index (κ2) is 9.07. The van der Waals surface area contributed by atoms with Crippen LogP contribution in [0.5, 0.6) is 0 Å². The number of benzene rings is 2. The van der Waals surface area contributed by atoms with Gasteiger partial charge in [-0.1, -0.05) is 24.1 Å². The first kappa shape index (κ1) is 20.2. The van der Waals surface area contributed by atoms with Gasteiger partial charge >= 0.3 is 0 Å². The number of likely N-dealkylation sites (N-methyl/N-ethyl adjacent to an activating group) is 1. The maximum Gasteiger partial charge on any atom is 0.258 e. The van der Waals surface area contributed by atoms with E-state index < -0.39 is 0 Å². The van der Waals surface area contributed by atoms with Gasteiger partial charge in [-0.15, -0.1) is 6.42 Å². The van der Waals surface area contributed by atoms with Crippen LogP contribution in [0.25, 0.3) is 0 Å². The van der Waals surface area contributed by atoms with Crippen LogP contribution in [0.2, 0.25) is 0 Å². The molecule has 2 aromatic carbocycles. The van der Waals surface area contributed by atoms with Crippen LogP contribution in [0.4, 0.5) is 5.69 Å². The molecule has 0 atom stereocenters. The van der Waals surface area contributed by atoms with E-state index in [1.54, 1.807) is 47.4 Å². The molecule has 29 heavy (non-hydrogen) atoms. The SMILES string of the molecule is C#Cc1cccc(N(CC(=O)NC)C(=O)c2cccc(CN3CCCC3=O)c2)c1. The summed E-state index contributed by atoms with van der Waals surface area (Å²) in [5.74, 6) is 2.08. The van der Waals surface area contributed by atoms with Crippen molar-refractivity contribution in [3.8, 4) is 12.3 Å². The highest BCUT2D eigenvalue weighted by atomic mass is 16.2. The van der Waals surface area contributed by atoms with E-state index in [1.165, 1.54) is 11.9 Å². The minimum Gasteiger partial charge on any atom is -0.358 e. The van der Waals surface area contributed by atoms with Crippen LogP contribution in [0.1, 0.15) is 34.3 Å². The highest BCUT2D eigenvalue weighted by Crippen LogP contribution is 2.20. The van der Waals surface area contributed by atoms with Crippen molar-refractivity contribution >= 4 is 23.4 Å². The molecule has 6 heteroatoms. The van der Waals surface area contributed by atoms with E-state index in [0.717, 1.165) is 18.5 Å². The molecule has 0 radical (unpaired) electrons. The van der Waals surface area contributed by atoms with Gasteiger partial charge in [0.05, 0.1) is 0 Å². The smallest absolute Gasteiger partial charge is 0.258 e. The van der Waals surface area contributed by atoms with Crippen LogP contribution in [0, 0.1) is 12.3 Å². The number of nitrogens with zero attached hydrogens (tertiary/aromatic N) is 2. The molecule has 0 spiro atoms. The number of nitrogens with one attached hydrogen (secondary N) is 1. The Labute approximate surface area is 170 Å². The molecular formula is C23H23N3O3. The molecule has 2 aromatic rings. The van der Waals surface area contributed by atoms with Gasteiger partial charge in [-0.05, 0) is 42.3 Å². The minimum atomic E-state index is -0.308.